The first-order valence-electron chi connectivity index (χ1n) is 9.77. The van der Waals surface area contributed by atoms with Crippen LogP contribution in [0.5, 0.6) is 0 Å². The van der Waals surface area contributed by atoms with Gasteiger partial charge in [0.15, 0.2) is 5.78 Å². The molecule has 25 heavy (non-hydrogen) atoms. The van der Waals surface area contributed by atoms with Crippen LogP contribution in [0.25, 0.3) is 0 Å². The highest BCUT2D eigenvalue weighted by molar-refractivity contribution is 5.88. The summed E-state index contributed by atoms with van der Waals surface area (Å²) in [6.07, 6.45) is 7.70. The van der Waals surface area contributed by atoms with Gasteiger partial charge in [0.05, 0.1) is 6.10 Å². The fourth-order valence-corrected chi connectivity index (χ4v) is 7.07. The second-order valence-corrected chi connectivity index (χ2v) is 9.55. The smallest absolute Gasteiger partial charge is 0.161 e. The summed E-state index contributed by atoms with van der Waals surface area (Å²) in [6.45, 7) is 5.77. The van der Waals surface area contributed by atoms with Gasteiger partial charge < -0.3 is 10.2 Å². The fourth-order valence-electron chi connectivity index (χ4n) is 7.07. The molecule has 0 saturated heterocycles. The highest BCUT2D eigenvalue weighted by Crippen LogP contribution is 2.66. The average molecular weight is 346 g/mol. The van der Waals surface area contributed by atoms with E-state index in [2.05, 4.69) is 13.0 Å². The van der Waals surface area contributed by atoms with Gasteiger partial charge in [-0.25, -0.2) is 0 Å². The zero-order valence-electron chi connectivity index (χ0n) is 15.5. The van der Waals surface area contributed by atoms with Crippen molar-refractivity contribution in [3.8, 4) is 0 Å². The van der Waals surface area contributed by atoms with Gasteiger partial charge in [0.2, 0.25) is 0 Å². The van der Waals surface area contributed by atoms with E-state index < -0.39 is 17.1 Å². The molecule has 0 heterocycles. The zero-order chi connectivity index (χ0) is 18.2. The number of hydrogen-bond donors (Lipinski definition) is 2. The van der Waals surface area contributed by atoms with Gasteiger partial charge in [0.1, 0.15) is 11.4 Å². The van der Waals surface area contributed by atoms with Crippen molar-refractivity contribution in [3.63, 3.8) is 0 Å². The van der Waals surface area contributed by atoms with Crippen LogP contribution in [-0.2, 0) is 9.59 Å². The van der Waals surface area contributed by atoms with Gasteiger partial charge in [-0.3, -0.25) is 9.59 Å². The average Bonchev–Trinajstić information content (AvgIpc) is 2.82. The SMILES string of the molecule is CC(=O)[C@@]1(O)CC[C@H]2[C@@H]3C(=O)CC4CC(O)C=C[C@]4(C)[C@H]3CC[C@@]21C. The Labute approximate surface area is 149 Å². The van der Waals surface area contributed by atoms with Crippen LogP contribution in [0.15, 0.2) is 12.2 Å². The normalized spacial score (nSPS) is 54.6. The van der Waals surface area contributed by atoms with Crippen LogP contribution in [0.4, 0.5) is 0 Å². The third-order valence-electron chi connectivity index (χ3n) is 8.71. The minimum Gasteiger partial charge on any atom is -0.389 e. The number of carbonyl (C=O) groups is 2. The van der Waals surface area contributed by atoms with Crippen LogP contribution in [0.1, 0.15) is 59.3 Å². The van der Waals surface area contributed by atoms with E-state index in [-0.39, 0.29) is 34.9 Å². The molecule has 2 unspecified atom stereocenters. The van der Waals surface area contributed by atoms with E-state index in [1.54, 1.807) is 0 Å². The Morgan fingerprint density at radius 2 is 1.88 bits per heavy atom. The first-order chi connectivity index (χ1) is 11.6. The summed E-state index contributed by atoms with van der Waals surface area (Å²) in [5.74, 6) is 0.634. The number of aliphatic hydroxyl groups is 2. The van der Waals surface area contributed by atoms with E-state index in [0.717, 1.165) is 19.3 Å². The second-order valence-electron chi connectivity index (χ2n) is 9.55. The number of aliphatic hydroxyl groups excluding tert-OH is 1. The maximum absolute atomic E-state index is 13.1. The van der Waals surface area contributed by atoms with Gasteiger partial charge in [0, 0.05) is 17.8 Å². The lowest BCUT2D eigenvalue weighted by atomic mass is 9.45. The molecule has 0 spiro atoms. The van der Waals surface area contributed by atoms with Crippen LogP contribution in [0.2, 0.25) is 0 Å². The lowest BCUT2D eigenvalue weighted by molar-refractivity contribution is -0.169. The molecule has 8 atom stereocenters. The lowest BCUT2D eigenvalue weighted by Gasteiger charge is -2.59. The maximum atomic E-state index is 13.1. The molecule has 0 aromatic heterocycles. The first-order valence-corrected chi connectivity index (χ1v) is 9.77. The van der Waals surface area contributed by atoms with E-state index >= 15 is 0 Å². The molecule has 4 nitrogen and oxygen atoms in total. The molecule has 4 heteroatoms. The topological polar surface area (TPSA) is 74.6 Å². The zero-order valence-corrected chi connectivity index (χ0v) is 15.5. The second kappa shape index (κ2) is 5.26. The van der Waals surface area contributed by atoms with E-state index in [1.165, 1.54) is 6.92 Å². The summed E-state index contributed by atoms with van der Waals surface area (Å²) in [4.78, 5) is 25.3. The summed E-state index contributed by atoms with van der Waals surface area (Å²) >= 11 is 0. The third-order valence-corrected chi connectivity index (χ3v) is 8.71. The Hall–Kier alpha value is -1.00. The number of carbonyl (C=O) groups excluding carboxylic acids is 2. The fraction of sp³-hybridized carbons (Fsp3) is 0.810. The molecule has 0 aromatic rings. The molecule has 0 bridgehead atoms. The molecule has 3 fully saturated rings. The van der Waals surface area contributed by atoms with Gasteiger partial charge >= 0.3 is 0 Å². The van der Waals surface area contributed by atoms with Crippen molar-refractivity contribution in [2.75, 3.05) is 0 Å². The molecule has 0 amide bonds. The summed E-state index contributed by atoms with van der Waals surface area (Å²) in [5, 5.41) is 21.1. The molecule has 0 aromatic carbocycles. The van der Waals surface area contributed by atoms with Gasteiger partial charge in [-0.15, -0.1) is 0 Å². The quantitative estimate of drug-likeness (QED) is 0.716. The predicted molar refractivity (Wildman–Crippen MR) is 93.7 cm³/mol. The van der Waals surface area contributed by atoms with Crippen LogP contribution < -0.4 is 0 Å². The summed E-state index contributed by atoms with van der Waals surface area (Å²) < 4.78 is 0. The Morgan fingerprint density at radius 3 is 2.56 bits per heavy atom. The van der Waals surface area contributed by atoms with Crippen molar-refractivity contribution in [2.45, 2.75) is 71.0 Å². The number of rotatable bonds is 1. The standard InChI is InChI=1S/C21H30O4/c1-12(22)21(25)9-6-16-18-15(5-8-20(16,21)3)19(2)7-4-14(23)10-13(19)11-17(18)24/h4,7,13-16,18,23,25H,5-6,8-11H2,1-3H3/t13?,14?,15-,16-,18+,19-,20-,21-/m0/s1. The van der Waals surface area contributed by atoms with E-state index in [4.69, 9.17) is 0 Å². The van der Waals surface area contributed by atoms with Gasteiger partial charge in [0.25, 0.3) is 0 Å². The van der Waals surface area contributed by atoms with Crippen molar-refractivity contribution in [1.29, 1.82) is 0 Å². The number of hydrogen-bond acceptors (Lipinski definition) is 4. The molecule has 4 rings (SSSR count). The maximum Gasteiger partial charge on any atom is 0.161 e. The Bertz CT molecular complexity index is 654. The van der Waals surface area contributed by atoms with Gasteiger partial charge in [-0.2, -0.15) is 0 Å². The van der Waals surface area contributed by atoms with Gasteiger partial charge in [-0.1, -0.05) is 26.0 Å². The van der Waals surface area contributed by atoms with Crippen LogP contribution in [0, 0.1) is 34.5 Å². The Morgan fingerprint density at radius 1 is 1.20 bits per heavy atom. The van der Waals surface area contributed by atoms with Crippen molar-refractivity contribution in [3.05, 3.63) is 12.2 Å². The van der Waals surface area contributed by atoms with E-state index in [0.29, 0.717) is 25.0 Å². The molecule has 4 aliphatic carbocycles. The number of ketones is 2. The van der Waals surface area contributed by atoms with Crippen molar-refractivity contribution < 1.29 is 19.8 Å². The van der Waals surface area contributed by atoms with Crippen molar-refractivity contribution in [2.24, 2.45) is 34.5 Å². The molecular formula is C21H30O4. The summed E-state index contributed by atoms with van der Waals surface area (Å²) in [6, 6.07) is 0. The number of allylic oxidation sites excluding steroid dienone is 1. The molecular weight excluding hydrogens is 316 g/mol. The third kappa shape index (κ3) is 2.07. The van der Waals surface area contributed by atoms with E-state index in [9.17, 15) is 19.8 Å². The van der Waals surface area contributed by atoms with Crippen LogP contribution >= 0.6 is 0 Å². The molecule has 4 aliphatic rings. The predicted octanol–water partition coefficient (Wildman–Crippen LogP) is 2.67. The highest BCUT2D eigenvalue weighted by atomic mass is 16.3. The van der Waals surface area contributed by atoms with Crippen LogP contribution in [0.3, 0.4) is 0 Å². The van der Waals surface area contributed by atoms with Crippen molar-refractivity contribution in [1.82, 2.24) is 0 Å². The summed E-state index contributed by atoms with van der Waals surface area (Å²) in [5.41, 5.74) is -1.83. The van der Waals surface area contributed by atoms with Crippen molar-refractivity contribution >= 4 is 11.6 Å². The number of Topliss-reactive ketones (excluding diaryl/α,β-unsaturated/α-hetero) is 2. The molecule has 138 valence electrons. The number of fused-ring (bicyclic) bond motifs is 5. The molecule has 0 aliphatic heterocycles. The molecule has 2 N–H and O–H groups in total. The monoisotopic (exact) mass is 346 g/mol. The highest BCUT2D eigenvalue weighted by Gasteiger charge is 2.67. The van der Waals surface area contributed by atoms with Gasteiger partial charge in [-0.05, 0) is 62.2 Å². The largest absolute Gasteiger partial charge is 0.389 e. The minimum atomic E-state index is -1.28. The summed E-state index contributed by atoms with van der Waals surface area (Å²) in [7, 11) is 0. The Kier molecular flexibility index (Phi) is 3.66. The van der Waals surface area contributed by atoms with E-state index in [1.807, 2.05) is 13.0 Å². The Balaban J connectivity index is 1.74. The minimum absolute atomic E-state index is 0.0595. The lowest BCUT2D eigenvalue weighted by Crippen LogP contribution is -2.60. The first kappa shape index (κ1) is 17.4. The van der Waals surface area contributed by atoms with Crippen LogP contribution in [-0.4, -0.2) is 33.5 Å². The molecule has 0 radical (unpaired) electrons. The molecule has 3 saturated carbocycles.